The summed E-state index contributed by atoms with van der Waals surface area (Å²) in [5, 5.41) is 0. The molecule has 0 radical (unpaired) electrons. The summed E-state index contributed by atoms with van der Waals surface area (Å²) in [6, 6.07) is 0. The SMILES string of the molecule is C=Cc1ncnc2c1ncn2C1CCCCO1. The minimum Gasteiger partial charge on any atom is -0.358 e. The number of aromatic nitrogens is 4. The summed E-state index contributed by atoms with van der Waals surface area (Å²) in [4.78, 5) is 12.8. The van der Waals surface area contributed by atoms with Crippen molar-refractivity contribution in [1.82, 2.24) is 19.5 Å². The molecule has 1 aliphatic heterocycles. The molecule has 0 N–H and O–H groups in total. The Labute approximate surface area is 99.2 Å². The van der Waals surface area contributed by atoms with Crippen molar-refractivity contribution >= 4 is 17.2 Å². The molecule has 1 unspecified atom stereocenters. The van der Waals surface area contributed by atoms with E-state index in [1.807, 2.05) is 4.57 Å². The summed E-state index contributed by atoms with van der Waals surface area (Å²) in [6.07, 6.45) is 8.41. The van der Waals surface area contributed by atoms with Crippen LogP contribution in [0.15, 0.2) is 19.2 Å². The fraction of sp³-hybridized carbons (Fsp3) is 0.417. The molecular weight excluding hydrogens is 216 g/mol. The molecule has 2 aromatic rings. The van der Waals surface area contributed by atoms with E-state index in [2.05, 4.69) is 21.5 Å². The van der Waals surface area contributed by atoms with Crippen LogP contribution in [0.3, 0.4) is 0 Å². The predicted octanol–water partition coefficient (Wildman–Crippen LogP) is 2.17. The maximum atomic E-state index is 5.74. The number of fused-ring (bicyclic) bond motifs is 1. The largest absolute Gasteiger partial charge is 0.358 e. The second kappa shape index (κ2) is 4.25. The van der Waals surface area contributed by atoms with Crippen LogP contribution in [0.4, 0.5) is 0 Å². The van der Waals surface area contributed by atoms with E-state index in [9.17, 15) is 0 Å². The van der Waals surface area contributed by atoms with Gasteiger partial charge in [-0.15, -0.1) is 0 Å². The first-order valence-electron chi connectivity index (χ1n) is 5.81. The van der Waals surface area contributed by atoms with Gasteiger partial charge < -0.3 is 4.74 Å². The van der Waals surface area contributed by atoms with Crippen molar-refractivity contribution in [2.24, 2.45) is 0 Å². The molecule has 0 bridgehead atoms. The van der Waals surface area contributed by atoms with Crippen LogP contribution in [0.25, 0.3) is 17.2 Å². The van der Waals surface area contributed by atoms with Crippen molar-refractivity contribution in [2.45, 2.75) is 25.5 Å². The van der Waals surface area contributed by atoms with Gasteiger partial charge in [-0.1, -0.05) is 6.58 Å². The Bertz CT molecular complexity index is 542. The molecule has 1 atom stereocenters. The molecule has 1 saturated heterocycles. The summed E-state index contributed by atoms with van der Waals surface area (Å²) in [6.45, 7) is 4.54. The highest BCUT2D eigenvalue weighted by Gasteiger charge is 2.19. The molecule has 1 fully saturated rings. The van der Waals surface area contributed by atoms with Crippen LogP contribution >= 0.6 is 0 Å². The molecule has 2 aromatic heterocycles. The molecule has 17 heavy (non-hydrogen) atoms. The first kappa shape index (κ1) is 10.4. The van der Waals surface area contributed by atoms with Crippen LogP contribution in [0.1, 0.15) is 31.2 Å². The van der Waals surface area contributed by atoms with Gasteiger partial charge in [0.2, 0.25) is 0 Å². The fourth-order valence-electron chi connectivity index (χ4n) is 2.17. The van der Waals surface area contributed by atoms with Crippen LogP contribution in [-0.2, 0) is 4.74 Å². The zero-order valence-electron chi connectivity index (χ0n) is 9.54. The summed E-state index contributed by atoms with van der Waals surface area (Å²) >= 11 is 0. The number of rotatable bonds is 2. The molecular formula is C12H14N4O. The number of hydrogen-bond acceptors (Lipinski definition) is 4. The Morgan fingerprint density at radius 1 is 1.35 bits per heavy atom. The van der Waals surface area contributed by atoms with Gasteiger partial charge in [-0.05, 0) is 25.3 Å². The van der Waals surface area contributed by atoms with Gasteiger partial charge in [0.1, 0.15) is 18.1 Å². The van der Waals surface area contributed by atoms with E-state index in [-0.39, 0.29) is 6.23 Å². The molecule has 0 saturated carbocycles. The van der Waals surface area contributed by atoms with Gasteiger partial charge in [0.05, 0.1) is 12.0 Å². The maximum Gasteiger partial charge on any atom is 0.165 e. The van der Waals surface area contributed by atoms with Crippen molar-refractivity contribution in [3.05, 3.63) is 24.9 Å². The number of nitrogens with zero attached hydrogens (tertiary/aromatic N) is 4. The highest BCUT2D eigenvalue weighted by molar-refractivity contribution is 5.79. The molecule has 1 aliphatic rings. The number of ether oxygens (including phenoxy) is 1. The third kappa shape index (κ3) is 1.72. The molecule has 88 valence electrons. The van der Waals surface area contributed by atoms with E-state index in [0.29, 0.717) is 0 Å². The lowest BCUT2D eigenvalue weighted by Crippen LogP contribution is -2.17. The average Bonchev–Trinajstić information content (AvgIpc) is 2.83. The Morgan fingerprint density at radius 2 is 2.29 bits per heavy atom. The quantitative estimate of drug-likeness (QED) is 0.793. The van der Waals surface area contributed by atoms with Crippen LogP contribution in [0.5, 0.6) is 0 Å². The third-order valence-electron chi connectivity index (χ3n) is 3.05. The van der Waals surface area contributed by atoms with Crippen LogP contribution in [-0.4, -0.2) is 26.1 Å². The minimum atomic E-state index is 0.0568. The summed E-state index contributed by atoms with van der Waals surface area (Å²) in [5.74, 6) is 0. The monoisotopic (exact) mass is 230 g/mol. The van der Waals surface area contributed by atoms with E-state index in [4.69, 9.17) is 4.74 Å². The fourth-order valence-corrected chi connectivity index (χ4v) is 2.17. The highest BCUT2D eigenvalue weighted by Crippen LogP contribution is 2.26. The van der Waals surface area contributed by atoms with Crippen molar-refractivity contribution in [3.8, 4) is 0 Å². The lowest BCUT2D eigenvalue weighted by Gasteiger charge is -2.23. The van der Waals surface area contributed by atoms with Gasteiger partial charge in [-0.2, -0.15) is 0 Å². The minimum absolute atomic E-state index is 0.0568. The van der Waals surface area contributed by atoms with Crippen molar-refractivity contribution in [1.29, 1.82) is 0 Å². The molecule has 0 aliphatic carbocycles. The third-order valence-corrected chi connectivity index (χ3v) is 3.05. The Balaban J connectivity index is 2.08. The summed E-state index contributed by atoms with van der Waals surface area (Å²) in [5.41, 5.74) is 2.38. The van der Waals surface area contributed by atoms with E-state index >= 15 is 0 Å². The van der Waals surface area contributed by atoms with E-state index < -0.39 is 0 Å². The summed E-state index contributed by atoms with van der Waals surface area (Å²) < 4.78 is 7.73. The van der Waals surface area contributed by atoms with Gasteiger partial charge in [-0.25, -0.2) is 15.0 Å². The smallest absolute Gasteiger partial charge is 0.165 e. The van der Waals surface area contributed by atoms with Crippen molar-refractivity contribution < 1.29 is 4.74 Å². The molecule has 5 heteroatoms. The highest BCUT2D eigenvalue weighted by atomic mass is 16.5. The Kier molecular flexibility index (Phi) is 2.60. The Hall–Kier alpha value is -1.75. The first-order chi connectivity index (χ1) is 8.40. The van der Waals surface area contributed by atoms with Gasteiger partial charge >= 0.3 is 0 Å². The van der Waals surface area contributed by atoms with Gasteiger partial charge in [-0.3, -0.25) is 4.57 Å². The lowest BCUT2D eigenvalue weighted by atomic mass is 10.2. The molecule has 3 heterocycles. The molecule has 0 aromatic carbocycles. The van der Waals surface area contributed by atoms with Gasteiger partial charge in [0.25, 0.3) is 0 Å². The van der Waals surface area contributed by atoms with Gasteiger partial charge in [0.15, 0.2) is 5.65 Å². The zero-order valence-corrected chi connectivity index (χ0v) is 9.54. The zero-order chi connectivity index (χ0) is 11.7. The van der Waals surface area contributed by atoms with E-state index in [1.165, 1.54) is 6.42 Å². The lowest BCUT2D eigenvalue weighted by molar-refractivity contribution is -0.0298. The topological polar surface area (TPSA) is 52.8 Å². The van der Waals surface area contributed by atoms with E-state index in [0.717, 1.165) is 36.3 Å². The molecule has 5 nitrogen and oxygen atoms in total. The van der Waals surface area contributed by atoms with Crippen LogP contribution < -0.4 is 0 Å². The molecule has 3 rings (SSSR count). The second-order valence-corrected chi connectivity index (χ2v) is 4.11. The maximum absolute atomic E-state index is 5.74. The standard InChI is InChI=1S/C12H14N4O/c1-2-9-11-12(14-7-13-9)16(8-15-11)10-5-3-4-6-17-10/h2,7-8,10H,1,3-6H2. The molecule has 0 spiro atoms. The Morgan fingerprint density at radius 3 is 3.06 bits per heavy atom. The van der Waals surface area contributed by atoms with Crippen molar-refractivity contribution in [2.75, 3.05) is 6.61 Å². The normalized spacial score (nSPS) is 20.6. The second-order valence-electron chi connectivity index (χ2n) is 4.11. The van der Waals surface area contributed by atoms with Crippen LogP contribution in [0.2, 0.25) is 0 Å². The molecule has 0 amide bonds. The average molecular weight is 230 g/mol. The number of hydrogen-bond donors (Lipinski definition) is 0. The van der Waals surface area contributed by atoms with Gasteiger partial charge in [0, 0.05) is 6.61 Å². The number of imidazole rings is 1. The summed E-state index contributed by atoms with van der Waals surface area (Å²) in [7, 11) is 0. The van der Waals surface area contributed by atoms with Crippen LogP contribution in [0, 0.1) is 0 Å². The first-order valence-corrected chi connectivity index (χ1v) is 5.81. The predicted molar refractivity (Wildman–Crippen MR) is 64.3 cm³/mol. The van der Waals surface area contributed by atoms with E-state index in [1.54, 1.807) is 18.7 Å². The van der Waals surface area contributed by atoms with Crippen molar-refractivity contribution in [3.63, 3.8) is 0 Å².